The van der Waals surface area contributed by atoms with E-state index in [-0.39, 0.29) is 11.7 Å². The fourth-order valence-corrected chi connectivity index (χ4v) is 5.78. The highest BCUT2D eigenvalue weighted by Crippen LogP contribution is 2.33. The number of benzene rings is 3. The molecule has 1 aliphatic heterocycles. The lowest BCUT2D eigenvalue weighted by atomic mass is 10.1. The van der Waals surface area contributed by atoms with Crippen LogP contribution < -0.4 is 10.0 Å². The Morgan fingerprint density at radius 3 is 2.69 bits per heavy atom. The minimum Gasteiger partial charge on any atom is -0.300 e. The summed E-state index contributed by atoms with van der Waals surface area (Å²) < 4.78 is 27.8. The summed E-state index contributed by atoms with van der Waals surface area (Å²) in [7, 11) is -3.64. The zero-order chi connectivity index (χ0) is 25.1. The second-order valence-corrected chi connectivity index (χ2v) is 11.1. The van der Waals surface area contributed by atoms with Gasteiger partial charge in [-0.15, -0.1) is 0 Å². The standard InChI is InChI=1S/C26H19ClN4O3S2/c27-21-10-9-20(31-36(33,34)16-17-5-2-1-3-6-17)15-23(21)29-26-30-25(32)24(35-26)14-18-8-11-22-19(13-18)7-4-12-28-22/h1-15,31H,16H2,(H,29,30,32). The van der Waals surface area contributed by atoms with Gasteiger partial charge in [0.15, 0.2) is 5.17 Å². The zero-order valence-electron chi connectivity index (χ0n) is 18.7. The van der Waals surface area contributed by atoms with Crippen LogP contribution in [0.3, 0.4) is 0 Å². The number of aromatic nitrogens is 1. The summed E-state index contributed by atoms with van der Waals surface area (Å²) in [5, 5.41) is 4.38. The molecule has 0 bridgehead atoms. The average molecular weight is 535 g/mol. The van der Waals surface area contributed by atoms with Gasteiger partial charge in [-0.2, -0.15) is 0 Å². The fraction of sp³-hybridized carbons (Fsp3) is 0.0385. The fourth-order valence-electron chi connectivity index (χ4n) is 3.60. The predicted molar refractivity (Wildman–Crippen MR) is 147 cm³/mol. The number of fused-ring (bicyclic) bond motifs is 1. The molecule has 0 aliphatic carbocycles. The summed E-state index contributed by atoms with van der Waals surface area (Å²) in [6.45, 7) is 0. The third kappa shape index (κ3) is 5.76. The van der Waals surface area contributed by atoms with Crippen molar-refractivity contribution in [2.24, 2.45) is 4.99 Å². The van der Waals surface area contributed by atoms with Crippen molar-refractivity contribution in [2.45, 2.75) is 5.75 Å². The lowest BCUT2D eigenvalue weighted by molar-refractivity contribution is -0.115. The van der Waals surface area contributed by atoms with Crippen LogP contribution in [-0.2, 0) is 20.6 Å². The Hall–Kier alpha value is -3.66. The first-order valence-corrected chi connectivity index (χ1v) is 13.7. The minimum absolute atomic E-state index is 0.161. The van der Waals surface area contributed by atoms with Crippen molar-refractivity contribution in [1.29, 1.82) is 0 Å². The highest BCUT2D eigenvalue weighted by molar-refractivity contribution is 8.18. The predicted octanol–water partition coefficient (Wildman–Crippen LogP) is 5.72. The summed E-state index contributed by atoms with van der Waals surface area (Å²) in [6.07, 6.45) is 3.52. The van der Waals surface area contributed by atoms with Crippen molar-refractivity contribution in [3.05, 3.63) is 106 Å². The van der Waals surface area contributed by atoms with E-state index in [4.69, 9.17) is 11.6 Å². The van der Waals surface area contributed by atoms with E-state index in [2.05, 4.69) is 20.0 Å². The van der Waals surface area contributed by atoms with Crippen molar-refractivity contribution in [3.8, 4) is 0 Å². The Balaban J connectivity index is 1.35. The molecule has 0 unspecified atom stereocenters. The molecule has 0 saturated carbocycles. The normalized spacial score (nSPS) is 16.0. The van der Waals surface area contributed by atoms with E-state index in [9.17, 15) is 13.2 Å². The SMILES string of the molecule is O=C1NC(=Nc2cc(NS(=O)(=O)Cc3ccccc3)ccc2Cl)SC1=Cc1ccc2ncccc2c1. The van der Waals surface area contributed by atoms with Crippen LogP contribution in [0.25, 0.3) is 17.0 Å². The van der Waals surface area contributed by atoms with Gasteiger partial charge < -0.3 is 5.32 Å². The van der Waals surface area contributed by atoms with Gasteiger partial charge in [-0.05, 0) is 65.4 Å². The average Bonchev–Trinajstić information content (AvgIpc) is 3.19. The van der Waals surface area contributed by atoms with Crippen molar-refractivity contribution in [3.63, 3.8) is 0 Å². The van der Waals surface area contributed by atoms with E-state index in [0.717, 1.165) is 16.5 Å². The molecular weight excluding hydrogens is 516 g/mol. The van der Waals surface area contributed by atoms with Crippen LogP contribution in [0, 0.1) is 0 Å². The number of nitrogens with one attached hydrogen (secondary N) is 2. The largest absolute Gasteiger partial charge is 0.300 e. The molecule has 0 spiro atoms. The van der Waals surface area contributed by atoms with E-state index >= 15 is 0 Å². The summed E-state index contributed by atoms with van der Waals surface area (Å²) in [5.74, 6) is -0.438. The zero-order valence-corrected chi connectivity index (χ0v) is 21.1. The summed E-state index contributed by atoms with van der Waals surface area (Å²) in [5.41, 5.74) is 3.06. The lowest BCUT2D eigenvalue weighted by Gasteiger charge is -2.09. The number of carbonyl (C=O) groups excluding carboxylic acids is 1. The van der Waals surface area contributed by atoms with E-state index in [1.807, 2.05) is 36.4 Å². The van der Waals surface area contributed by atoms with Gasteiger partial charge in [0, 0.05) is 11.6 Å². The molecule has 5 rings (SSSR count). The minimum atomic E-state index is -3.64. The second kappa shape index (κ2) is 10.1. The number of hydrogen-bond acceptors (Lipinski definition) is 6. The van der Waals surface area contributed by atoms with Crippen LogP contribution in [0.15, 0.2) is 95.0 Å². The number of amides is 1. The van der Waals surface area contributed by atoms with Gasteiger partial charge in [-0.25, -0.2) is 13.4 Å². The molecule has 180 valence electrons. The van der Waals surface area contributed by atoms with Crippen molar-refractivity contribution in [2.75, 3.05) is 4.72 Å². The van der Waals surface area contributed by atoms with Crippen molar-refractivity contribution in [1.82, 2.24) is 10.3 Å². The number of pyridine rings is 1. The van der Waals surface area contributed by atoms with Crippen molar-refractivity contribution >= 4 is 72.8 Å². The maximum Gasteiger partial charge on any atom is 0.264 e. The number of nitrogens with zero attached hydrogens (tertiary/aromatic N) is 2. The van der Waals surface area contributed by atoms with Gasteiger partial charge in [0.1, 0.15) is 0 Å². The number of amidine groups is 1. The molecule has 3 aromatic carbocycles. The molecule has 10 heteroatoms. The second-order valence-electron chi connectivity index (χ2n) is 7.95. The number of aliphatic imine (C=N–C) groups is 1. The molecule has 0 radical (unpaired) electrons. The first kappa shape index (κ1) is 24.1. The highest BCUT2D eigenvalue weighted by Gasteiger charge is 2.24. The van der Waals surface area contributed by atoms with Crippen LogP contribution in [0.5, 0.6) is 0 Å². The van der Waals surface area contributed by atoms with Gasteiger partial charge in [0.25, 0.3) is 5.91 Å². The Kier molecular flexibility index (Phi) is 6.77. The molecule has 1 aromatic heterocycles. The number of halogens is 1. The molecule has 1 saturated heterocycles. The topological polar surface area (TPSA) is 101 Å². The number of anilines is 1. The maximum atomic E-state index is 12.6. The molecule has 4 aromatic rings. The first-order valence-electron chi connectivity index (χ1n) is 10.8. The number of hydrogen-bond donors (Lipinski definition) is 2. The highest BCUT2D eigenvalue weighted by atomic mass is 35.5. The van der Waals surface area contributed by atoms with Crippen LogP contribution >= 0.6 is 23.4 Å². The number of sulfonamides is 1. The van der Waals surface area contributed by atoms with Crippen LogP contribution in [-0.4, -0.2) is 24.5 Å². The third-order valence-electron chi connectivity index (χ3n) is 5.22. The van der Waals surface area contributed by atoms with Crippen molar-refractivity contribution < 1.29 is 13.2 Å². The monoisotopic (exact) mass is 534 g/mol. The molecule has 1 fully saturated rings. The Morgan fingerprint density at radius 1 is 1.03 bits per heavy atom. The first-order chi connectivity index (χ1) is 17.3. The third-order valence-corrected chi connectivity index (χ3v) is 7.71. The Bertz CT molecular complexity index is 1640. The molecule has 7 nitrogen and oxygen atoms in total. The van der Waals surface area contributed by atoms with Gasteiger partial charge in [0.05, 0.1) is 32.6 Å². The maximum absolute atomic E-state index is 12.6. The quantitative estimate of drug-likeness (QED) is 0.308. The summed E-state index contributed by atoms with van der Waals surface area (Å²) >= 11 is 7.49. The number of thioether (sulfide) groups is 1. The number of carbonyl (C=O) groups is 1. The summed E-state index contributed by atoms with van der Waals surface area (Å²) in [4.78, 5) is 21.8. The van der Waals surface area contributed by atoms with Crippen LogP contribution in [0.1, 0.15) is 11.1 Å². The van der Waals surface area contributed by atoms with Gasteiger partial charge in [-0.1, -0.05) is 54.1 Å². The molecule has 1 amide bonds. The van der Waals surface area contributed by atoms with Gasteiger partial charge >= 0.3 is 0 Å². The van der Waals surface area contributed by atoms with E-state index in [1.165, 1.54) is 17.8 Å². The van der Waals surface area contributed by atoms with E-state index < -0.39 is 10.0 Å². The lowest BCUT2D eigenvalue weighted by Crippen LogP contribution is -2.19. The van der Waals surface area contributed by atoms with Crippen LogP contribution in [0.4, 0.5) is 11.4 Å². The molecule has 0 atom stereocenters. The smallest absolute Gasteiger partial charge is 0.264 e. The Labute approximate surface area is 217 Å². The molecule has 2 heterocycles. The van der Waals surface area contributed by atoms with E-state index in [0.29, 0.717) is 32.0 Å². The van der Waals surface area contributed by atoms with Gasteiger partial charge in [0.2, 0.25) is 10.0 Å². The Morgan fingerprint density at radius 2 is 1.86 bits per heavy atom. The molecular formula is C26H19ClN4O3S2. The van der Waals surface area contributed by atoms with Gasteiger partial charge in [-0.3, -0.25) is 14.5 Å². The molecule has 2 N–H and O–H groups in total. The molecule has 36 heavy (non-hydrogen) atoms. The number of rotatable bonds is 6. The van der Waals surface area contributed by atoms with E-state index in [1.54, 1.807) is 48.7 Å². The summed E-state index contributed by atoms with van der Waals surface area (Å²) in [6, 6.07) is 23.1. The van der Waals surface area contributed by atoms with Crippen LogP contribution in [0.2, 0.25) is 5.02 Å². The molecule has 1 aliphatic rings.